The number of aryl methyl sites for hydroxylation is 1. The first-order valence-corrected chi connectivity index (χ1v) is 17.3. The lowest BCUT2D eigenvalue weighted by Crippen LogP contribution is -2.44. The Hall–Kier alpha value is -6.56. The van der Waals surface area contributed by atoms with Gasteiger partial charge in [0, 0.05) is 29.9 Å². The van der Waals surface area contributed by atoms with Gasteiger partial charge in [0.2, 0.25) is 17.7 Å². The average Bonchev–Trinajstić information content (AvgIpc) is 3.70. The molecule has 16 nitrogen and oxygen atoms in total. The second-order valence-electron chi connectivity index (χ2n) is 12.5. The lowest BCUT2D eigenvalue weighted by atomic mass is 10.0. The normalized spacial score (nSPS) is 17.2. The van der Waals surface area contributed by atoms with Gasteiger partial charge in [0.25, 0.3) is 5.91 Å². The van der Waals surface area contributed by atoms with E-state index in [4.69, 9.17) is 0 Å². The van der Waals surface area contributed by atoms with Crippen molar-refractivity contribution in [1.29, 1.82) is 0 Å². The van der Waals surface area contributed by atoms with Crippen molar-refractivity contribution in [2.75, 3.05) is 16.2 Å². The maximum absolute atomic E-state index is 15.4. The number of aromatic nitrogens is 4. The molecule has 18 heteroatoms. The van der Waals surface area contributed by atoms with Gasteiger partial charge in [-0.2, -0.15) is 13.5 Å². The zero-order valence-corrected chi connectivity index (χ0v) is 27.9. The van der Waals surface area contributed by atoms with Crippen LogP contribution >= 0.6 is 0 Å². The third kappa shape index (κ3) is 5.31. The minimum Gasteiger partial charge on any atom is -0.506 e. The Balaban J connectivity index is 1.01. The quantitative estimate of drug-likeness (QED) is 0.185. The van der Waals surface area contributed by atoms with Crippen molar-refractivity contribution in [3.05, 3.63) is 83.2 Å². The first-order chi connectivity index (χ1) is 24.8. The van der Waals surface area contributed by atoms with Crippen LogP contribution in [0.2, 0.25) is 0 Å². The number of phenols is 1. The second-order valence-corrected chi connectivity index (χ2v) is 14.1. The Morgan fingerprint density at radius 1 is 0.962 bits per heavy atom. The van der Waals surface area contributed by atoms with Gasteiger partial charge in [0.1, 0.15) is 30.6 Å². The number of phenolic OH excluding ortho intramolecular Hbond substituents is 1. The van der Waals surface area contributed by atoms with Crippen LogP contribution in [0, 0.1) is 5.82 Å². The van der Waals surface area contributed by atoms with Gasteiger partial charge in [0.15, 0.2) is 5.82 Å². The van der Waals surface area contributed by atoms with Crippen LogP contribution in [0.4, 0.5) is 15.8 Å². The third-order valence-electron chi connectivity index (χ3n) is 9.26. The number of amides is 4. The summed E-state index contributed by atoms with van der Waals surface area (Å²) in [4.78, 5) is 62.1. The smallest absolute Gasteiger partial charge is 0.329 e. The molecule has 0 bridgehead atoms. The van der Waals surface area contributed by atoms with Crippen LogP contribution in [-0.4, -0.2) is 62.6 Å². The van der Waals surface area contributed by atoms with Crippen LogP contribution < -0.4 is 25.4 Å². The highest BCUT2D eigenvalue weighted by molar-refractivity contribution is 7.92. The molecule has 2 fully saturated rings. The van der Waals surface area contributed by atoms with Crippen molar-refractivity contribution in [3.63, 3.8) is 0 Å². The maximum atomic E-state index is 15.4. The lowest BCUT2D eigenvalue weighted by Gasteiger charge is -2.21. The predicted octanol–water partition coefficient (Wildman–Crippen LogP) is 2.15. The molecule has 0 saturated carbocycles. The minimum atomic E-state index is -4.36. The van der Waals surface area contributed by atoms with Gasteiger partial charge in [-0.15, -0.1) is 0 Å². The molecular weight excluding hydrogens is 699 g/mol. The number of imide groups is 1. The Bertz CT molecular complexity index is 2750. The van der Waals surface area contributed by atoms with E-state index < -0.39 is 57.8 Å². The highest BCUT2D eigenvalue weighted by Gasteiger charge is 2.38. The molecule has 2 aromatic heterocycles. The largest absolute Gasteiger partial charge is 0.506 e. The van der Waals surface area contributed by atoms with Gasteiger partial charge in [-0.1, -0.05) is 12.1 Å². The van der Waals surface area contributed by atoms with Crippen LogP contribution in [0.1, 0.15) is 18.9 Å². The molecule has 0 spiro atoms. The van der Waals surface area contributed by atoms with E-state index in [9.17, 15) is 37.5 Å². The van der Waals surface area contributed by atoms with Gasteiger partial charge in [-0.25, -0.2) is 18.2 Å². The van der Waals surface area contributed by atoms with E-state index in [1.54, 1.807) is 24.0 Å². The van der Waals surface area contributed by atoms with E-state index in [2.05, 4.69) is 15.7 Å². The summed E-state index contributed by atoms with van der Waals surface area (Å²) in [7, 11) is -2.74. The molecule has 4 N–H and O–H groups in total. The van der Waals surface area contributed by atoms with E-state index in [1.165, 1.54) is 32.0 Å². The topological polar surface area (TPSA) is 207 Å². The number of benzene rings is 4. The van der Waals surface area contributed by atoms with Gasteiger partial charge in [0.05, 0.1) is 22.7 Å². The molecule has 6 aromatic rings. The SMILES string of the molecule is Cn1c(=O)n(C2CCC(=O)NC2=O)c2ccc(-c3ccc4c(cnn4CC(=O)Nc4ccc5c(F)c(N6CC(=O)NS6(=O)=O)c(O)cc5c4)c3)cc21. The number of nitrogens with one attached hydrogen (secondary N) is 3. The number of carbonyl (C=O) groups is 4. The van der Waals surface area contributed by atoms with Crippen LogP contribution in [0.25, 0.3) is 43.8 Å². The summed E-state index contributed by atoms with van der Waals surface area (Å²) in [6, 6.07) is 15.5. The molecule has 4 amide bonds. The van der Waals surface area contributed by atoms with Crippen molar-refractivity contribution in [3.8, 4) is 16.9 Å². The number of fused-ring (bicyclic) bond motifs is 3. The summed E-state index contributed by atoms with van der Waals surface area (Å²) >= 11 is 0. The van der Waals surface area contributed by atoms with Crippen molar-refractivity contribution >= 4 is 77.9 Å². The number of imidazole rings is 1. The second kappa shape index (κ2) is 11.8. The van der Waals surface area contributed by atoms with E-state index in [0.717, 1.165) is 22.6 Å². The number of carbonyl (C=O) groups excluding carboxylic acids is 4. The van der Waals surface area contributed by atoms with Crippen LogP contribution in [0.3, 0.4) is 0 Å². The number of aromatic hydroxyl groups is 1. The molecule has 8 rings (SSSR count). The highest BCUT2D eigenvalue weighted by Crippen LogP contribution is 2.39. The Kier molecular flexibility index (Phi) is 7.38. The molecule has 2 saturated heterocycles. The van der Waals surface area contributed by atoms with Gasteiger partial charge in [-0.3, -0.25) is 38.3 Å². The van der Waals surface area contributed by atoms with Gasteiger partial charge >= 0.3 is 15.9 Å². The fourth-order valence-corrected chi connectivity index (χ4v) is 7.96. The minimum absolute atomic E-state index is 0.0394. The number of nitrogens with zero attached hydrogens (tertiary/aromatic N) is 5. The molecular formula is C34H27FN8O8S. The number of halogens is 1. The van der Waals surface area contributed by atoms with E-state index >= 15 is 4.39 Å². The monoisotopic (exact) mass is 726 g/mol. The lowest BCUT2D eigenvalue weighted by molar-refractivity contribution is -0.135. The van der Waals surface area contributed by atoms with Crippen molar-refractivity contribution < 1.29 is 37.1 Å². The molecule has 1 unspecified atom stereocenters. The molecule has 2 aliphatic heterocycles. The van der Waals surface area contributed by atoms with E-state index in [1.807, 2.05) is 30.3 Å². The molecule has 52 heavy (non-hydrogen) atoms. The molecule has 1 atom stereocenters. The van der Waals surface area contributed by atoms with Crippen LogP contribution in [-0.2, 0) is 43.0 Å². The molecule has 0 radical (unpaired) electrons. The third-order valence-corrected chi connectivity index (χ3v) is 10.6. The first kappa shape index (κ1) is 32.6. The summed E-state index contributed by atoms with van der Waals surface area (Å²) in [6.45, 7) is -0.855. The molecule has 2 aliphatic rings. The molecule has 4 aromatic carbocycles. The fourth-order valence-electron chi connectivity index (χ4n) is 6.80. The Morgan fingerprint density at radius 3 is 2.44 bits per heavy atom. The van der Waals surface area contributed by atoms with Gasteiger partial charge < -0.3 is 10.4 Å². The Morgan fingerprint density at radius 2 is 1.71 bits per heavy atom. The van der Waals surface area contributed by atoms with Crippen LogP contribution in [0.5, 0.6) is 5.75 Å². The van der Waals surface area contributed by atoms with Crippen molar-refractivity contribution in [2.24, 2.45) is 7.05 Å². The summed E-state index contributed by atoms with van der Waals surface area (Å²) in [5, 5.41) is 20.8. The van der Waals surface area contributed by atoms with Crippen LogP contribution in [0.15, 0.2) is 71.7 Å². The summed E-state index contributed by atoms with van der Waals surface area (Å²) < 4.78 is 46.5. The number of hydrogen-bond acceptors (Lipinski definition) is 9. The zero-order valence-electron chi connectivity index (χ0n) is 27.1. The summed E-state index contributed by atoms with van der Waals surface area (Å²) in [6.07, 6.45) is 1.99. The predicted molar refractivity (Wildman–Crippen MR) is 186 cm³/mol. The van der Waals surface area contributed by atoms with E-state index in [0.29, 0.717) is 20.9 Å². The summed E-state index contributed by atoms with van der Waals surface area (Å²) in [5.74, 6) is -3.94. The number of piperidine rings is 1. The van der Waals surface area contributed by atoms with Gasteiger partial charge in [-0.05, 0) is 71.5 Å². The fraction of sp³-hybridized carbons (Fsp3) is 0.176. The van der Waals surface area contributed by atoms with E-state index in [-0.39, 0.29) is 47.4 Å². The maximum Gasteiger partial charge on any atom is 0.329 e. The van der Waals surface area contributed by atoms with Crippen molar-refractivity contribution in [2.45, 2.75) is 25.4 Å². The molecule has 0 aliphatic carbocycles. The number of anilines is 2. The Labute approximate surface area is 292 Å². The average molecular weight is 727 g/mol. The molecule has 264 valence electrons. The summed E-state index contributed by atoms with van der Waals surface area (Å²) in [5.41, 5.74) is 2.71. The zero-order chi connectivity index (χ0) is 36.6. The standard InChI is InChI=1S/C34H27FN8O8S/c1-40-26-12-18(3-7-24(26)43(34(40)49)25-8-9-28(45)38-33(25)48)17-2-6-23-20(10-17)14-36-41(23)15-29(46)37-21-4-5-22-19(11-21)13-27(44)32(31(22)35)42-16-30(47)39-52(42,50)51/h2-7,10-14,25,44H,8-9,15-16H2,1H3,(H,37,46)(H,39,47)(H,38,45,48). The highest BCUT2D eigenvalue weighted by atomic mass is 32.2. The molecule has 4 heterocycles. The first-order valence-electron chi connectivity index (χ1n) is 15.9. The number of hydrogen-bond donors (Lipinski definition) is 4. The number of rotatable bonds is 6. The van der Waals surface area contributed by atoms with Crippen molar-refractivity contribution in [1.82, 2.24) is 29.0 Å².